The molecule has 0 saturated carbocycles. The third kappa shape index (κ3) is 2.11. The van der Waals surface area contributed by atoms with Crippen molar-refractivity contribution >= 4 is 34.7 Å². The highest BCUT2D eigenvalue weighted by molar-refractivity contribution is 6.37. The van der Waals surface area contributed by atoms with Gasteiger partial charge in [0.1, 0.15) is 5.82 Å². The molecular weight excluding hydrogens is 216 g/mol. The maximum Gasteiger partial charge on any atom is 0.179 e. The zero-order chi connectivity index (χ0) is 10.0. The summed E-state index contributed by atoms with van der Waals surface area (Å²) < 4.78 is 12.9. The lowest BCUT2D eigenvalue weighted by atomic mass is 10.1. The summed E-state index contributed by atoms with van der Waals surface area (Å²) in [6, 6.07) is 2.35. The number of Topliss-reactive ketones (excluding diaryl/α,β-unsaturated/α-hetero) is 1. The average Bonchev–Trinajstić information content (AvgIpc) is 2.10. The van der Waals surface area contributed by atoms with Crippen LogP contribution in [0.2, 0.25) is 5.02 Å². The van der Waals surface area contributed by atoms with Gasteiger partial charge in [0, 0.05) is 11.3 Å². The highest BCUT2D eigenvalue weighted by Gasteiger charge is 2.13. The van der Waals surface area contributed by atoms with Gasteiger partial charge in [0.15, 0.2) is 5.78 Å². The number of nitrogen functional groups attached to an aromatic ring is 1. The Labute approximate surface area is 84.4 Å². The molecular formula is C8H6Cl2FNO. The first-order valence-electron chi connectivity index (χ1n) is 3.40. The Morgan fingerprint density at radius 2 is 2.15 bits per heavy atom. The van der Waals surface area contributed by atoms with Gasteiger partial charge in [0.25, 0.3) is 0 Å². The van der Waals surface area contributed by atoms with Crippen molar-refractivity contribution in [3.63, 3.8) is 0 Å². The standard InChI is InChI=1S/C8H6Cl2FNO/c9-3-7(13)5-1-4(12)2-6(11)8(5)10/h1-2H,3,12H2. The quantitative estimate of drug-likeness (QED) is 0.474. The molecule has 2 nitrogen and oxygen atoms in total. The Kier molecular flexibility index (Phi) is 3.12. The van der Waals surface area contributed by atoms with E-state index in [2.05, 4.69) is 0 Å². The van der Waals surface area contributed by atoms with Crippen LogP contribution in [-0.2, 0) is 0 Å². The van der Waals surface area contributed by atoms with Crippen LogP contribution in [0.15, 0.2) is 12.1 Å². The number of carbonyl (C=O) groups excluding carboxylic acids is 1. The van der Waals surface area contributed by atoms with Gasteiger partial charge >= 0.3 is 0 Å². The number of ketones is 1. The fraction of sp³-hybridized carbons (Fsp3) is 0.125. The number of anilines is 1. The number of rotatable bonds is 2. The fourth-order valence-corrected chi connectivity index (χ4v) is 1.24. The van der Waals surface area contributed by atoms with E-state index in [1.54, 1.807) is 0 Å². The minimum Gasteiger partial charge on any atom is -0.399 e. The van der Waals surface area contributed by atoms with Gasteiger partial charge in [-0.05, 0) is 12.1 Å². The van der Waals surface area contributed by atoms with Crippen molar-refractivity contribution in [2.75, 3.05) is 11.6 Å². The molecule has 0 aliphatic carbocycles. The summed E-state index contributed by atoms with van der Waals surface area (Å²) >= 11 is 10.8. The molecule has 70 valence electrons. The molecule has 0 spiro atoms. The lowest BCUT2D eigenvalue weighted by molar-refractivity contribution is 0.102. The van der Waals surface area contributed by atoms with E-state index in [9.17, 15) is 9.18 Å². The first-order chi connectivity index (χ1) is 6.06. The Hall–Kier alpha value is -0.800. The van der Waals surface area contributed by atoms with Crippen LogP contribution in [0.1, 0.15) is 10.4 Å². The van der Waals surface area contributed by atoms with Crippen LogP contribution in [0.3, 0.4) is 0 Å². The van der Waals surface area contributed by atoms with Crippen molar-refractivity contribution in [2.45, 2.75) is 0 Å². The SMILES string of the molecule is Nc1cc(F)c(Cl)c(C(=O)CCl)c1. The number of benzene rings is 1. The number of carbonyl (C=O) groups is 1. The summed E-state index contributed by atoms with van der Waals surface area (Å²) in [7, 11) is 0. The van der Waals surface area contributed by atoms with Crippen LogP contribution in [0, 0.1) is 5.82 Å². The number of hydrogen-bond donors (Lipinski definition) is 1. The summed E-state index contributed by atoms with van der Waals surface area (Å²) in [6.45, 7) is 0. The summed E-state index contributed by atoms with van der Waals surface area (Å²) in [4.78, 5) is 11.1. The van der Waals surface area contributed by atoms with Crippen LogP contribution in [0.25, 0.3) is 0 Å². The van der Waals surface area contributed by atoms with E-state index in [4.69, 9.17) is 28.9 Å². The second-order valence-electron chi connectivity index (χ2n) is 2.42. The molecule has 0 radical (unpaired) electrons. The van der Waals surface area contributed by atoms with Crippen molar-refractivity contribution in [1.29, 1.82) is 0 Å². The van der Waals surface area contributed by atoms with Gasteiger partial charge in [-0.25, -0.2) is 4.39 Å². The zero-order valence-electron chi connectivity index (χ0n) is 6.48. The summed E-state index contributed by atoms with van der Waals surface area (Å²) in [6.07, 6.45) is 0. The van der Waals surface area contributed by atoms with Crippen molar-refractivity contribution in [2.24, 2.45) is 0 Å². The molecule has 2 N–H and O–H groups in total. The monoisotopic (exact) mass is 221 g/mol. The highest BCUT2D eigenvalue weighted by atomic mass is 35.5. The molecule has 5 heteroatoms. The molecule has 0 aliphatic heterocycles. The normalized spacial score (nSPS) is 10.1. The highest BCUT2D eigenvalue weighted by Crippen LogP contribution is 2.23. The molecule has 0 heterocycles. The smallest absolute Gasteiger partial charge is 0.179 e. The second kappa shape index (κ2) is 3.94. The molecule has 0 amide bonds. The molecule has 0 unspecified atom stereocenters. The van der Waals surface area contributed by atoms with Crippen LogP contribution >= 0.6 is 23.2 Å². The van der Waals surface area contributed by atoms with E-state index in [0.717, 1.165) is 6.07 Å². The predicted octanol–water partition coefficient (Wildman–Crippen LogP) is 2.48. The Balaban J connectivity index is 3.28. The van der Waals surface area contributed by atoms with E-state index in [-0.39, 0.29) is 22.2 Å². The molecule has 0 saturated heterocycles. The van der Waals surface area contributed by atoms with E-state index in [0.29, 0.717) is 0 Å². The summed E-state index contributed by atoms with van der Waals surface area (Å²) in [5, 5.41) is -0.236. The van der Waals surface area contributed by atoms with E-state index in [1.807, 2.05) is 0 Å². The lowest BCUT2D eigenvalue weighted by Crippen LogP contribution is -2.04. The van der Waals surface area contributed by atoms with Crippen molar-refractivity contribution in [3.8, 4) is 0 Å². The van der Waals surface area contributed by atoms with Gasteiger partial charge < -0.3 is 5.73 Å². The fourth-order valence-electron chi connectivity index (χ4n) is 0.885. The maximum atomic E-state index is 12.9. The van der Waals surface area contributed by atoms with Gasteiger partial charge in [-0.1, -0.05) is 11.6 Å². The first-order valence-corrected chi connectivity index (χ1v) is 4.31. The molecule has 1 aromatic carbocycles. The Morgan fingerprint density at radius 3 is 2.69 bits per heavy atom. The van der Waals surface area contributed by atoms with Crippen LogP contribution < -0.4 is 5.73 Å². The first kappa shape index (κ1) is 10.3. The van der Waals surface area contributed by atoms with Gasteiger partial charge in [0.05, 0.1) is 10.9 Å². The zero-order valence-corrected chi connectivity index (χ0v) is 7.99. The number of halogens is 3. The van der Waals surface area contributed by atoms with E-state index < -0.39 is 11.6 Å². The lowest BCUT2D eigenvalue weighted by Gasteiger charge is -2.03. The number of nitrogens with two attached hydrogens (primary N) is 1. The predicted molar refractivity (Wildman–Crippen MR) is 50.9 cm³/mol. The molecule has 0 bridgehead atoms. The molecule has 13 heavy (non-hydrogen) atoms. The topological polar surface area (TPSA) is 43.1 Å². The van der Waals surface area contributed by atoms with Crippen molar-refractivity contribution in [3.05, 3.63) is 28.5 Å². The largest absolute Gasteiger partial charge is 0.399 e. The third-order valence-electron chi connectivity index (χ3n) is 1.47. The summed E-state index contributed by atoms with van der Waals surface area (Å²) in [5.41, 5.74) is 5.50. The van der Waals surface area contributed by atoms with Gasteiger partial charge in [-0.15, -0.1) is 11.6 Å². The van der Waals surface area contributed by atoms with Crippen molar-refractivity contribution < 1.29 is 9.18 Å². The number of alkyl halides is 1. The van der Waals surface area contributed by atoms with Crippen LogP contribution in [0.5, 0.6) is 0 Å². The number of hydrogen-bond acceptors (Lipinski definition) is 2. The maximum absolute atomic E-state index is 12.9. The van der Waals surface area contributed by atoms with Crippen molar-refractivity contribution in [1.82, 2.24) is 0 Å². The van der Waals surface area contributed by atoms with Gasteiger partial charge in [-0.2, -0.15) is 0 Å². The Morgan fingerprint density at radius 1 is 1.54 bits per heavy atom. The molecule has 1 rings (SSSR count). The van der Waals surface area contributed by atoms with Gasteiger partial charge in [0.2, 0.25) is 0 Å². The van der Waals surface area contributed by atoms with Crippen LogP contribution in [0.4, 0.5) is 10.1 Å². The molecule has 0 aromatic heterocycles. The third-order valence-corrected chi connectivity index (χ3v) is 2.10. The molecule has 1 aromatic rings. The summed E-state index contributed by atoms with van der Waals surface area (Å²) in [5.74, 6) is -1.41. The van der Waals surface area contributed by atoms with Gasteiger partial charge in [-0.3, -0.25) is 4.79 Å². The molecule has 0 aliphatic rings. The Bertz CT molecular complexity index is 354. The average molecular weight is 222 g/mol. The van der Waals surface area contributed by atoms with E-state index >= 15 is 0 Å². The minimum atomic E-state index is -0.713. The molecule has 0 fully saturated rings. The minimum absolute atomic E-state index is 0.0224. The second-order valence-corrected chi connectivity index (χ2v) is 3.07. The van der Waals surface area contributed by atoms with Crippen LogP contribution in [-0.4, -0.2) is 11.7 Å². The molecule has 0 atom stereocenters. The van der Waals surface area contributed by atoms with E-state index in [1.165, 1.54) is 6.07 Å².